The number of hydrogen-bond donors (Lipinski definition) is 1. The van der Waals surface area contributed by atoms with Gasteiger partial charge in [0.1, 0.15) is 0 Å². The van der Waals surface area contributed by atoms with Gasteiger partial charge < -0.3 is 10.6 Å². The molecule has 0 aromatic rings. The second-order valence-electron chi connectivity index (χ2n) is 4.42. The molecule has 1 rings (SSSR count). The maximum atomic E-state index is 11.7. The lowest BCUT2D eigenvalue weighted by Gasteiger charge is -2.22. The van der Waals surface area contributed by atoms with Crippen LogP contribution in [0.1, 0.15) is 39.5 Å². The molecular weight excluding hydrogens is 176 g/mol. The first kappa shape index (κ1) is 11.5. The molecule has 0 aliphatic carbocycles. The van der Waals surface area contributed by atoms with Gasteiger partial charge in [0.25, 0.3) is 0 Å². The first-order chi connectivity index (χ1) is 6.63. The molecule has 0 bridgehead atoms. The molecule has 3 heteroatoms. The summed E-state index contributed by atoms with van der Waals surface area (Å²) in [6.07, 6.45) is 4.12. The molecule has 82 valence electrons. The van der Waals surface area contributed by atoms with Crippen LogP contribution in [0.3, 0.4) is 0 Å². The Kier molecular flexibility index (Phi) is 4.39. The normalized spacial score (nSPS) is 26.1. The van der Waals surface area contributed by atoms with Crippen LogP contribution in [0.25, 0.3) is 0 Å². The van der Waals surface area contributed by atoms with Gasteiger partial charge in [-0.25, -0.2) is 0 Å². The lowest BCUT2D eigenvalue weighted by atomic mass is 9.98. The van der Waals surface area contributed by atoms with Crippen LogP contribution in [-0.4, -0.2) is 29.9 Å². The Balaban J connectivity index is 2.47. The fraction of sp³-hybridized carbons (Fsp3) is 0.909. The summed E-state index contributed by atoms with van der Waals surface area (Å²) in [4.78, 5) is 13.6. The van der Waals surface area contributed by atoms with E-state index in [1.807, 2.05) is 11.8 Å². The Morgan fingerprint density at radius 2 is 2.29 bits per heavy atom. The molecule has 14 heavy (non-hydrogen) atoms. The van der Waals surface area contributed by atoms with Crippen molar-refractivity contribution >= 4 is 5.91 Å². The van der Waals surface area contributed by atoms with E-state index in [0.717, 1.165) is 31.8 Å². The standard InChI is InChI=1S/C11H22N2O/c1-3-10-4-5-11(14)13(7-6-10)8-9(2)12/h9-10H,3-8,12H2,1-2H3. The van der Waals surface area contributed by atoms with Crippen LogP contribution in [0.15, 0.2) is 0 Å². The summed E-state index contributed by atoms with van der Waals surface area (Å²) in [5, 5.41) is 0. The van der Waals surface area contributed by atoms with Gasteiger partial charge in [0, 0.05) is 25.6 Å². The molecule has 1 aliphatic rings. The third kappa shape index (κ3) is 3.29. The van der Waals surface area contributed by atoms with Gasteiger partial charge in [0.2, 0.25) is 5.91 Å². The zero-order chi connectivity index (χ0) is 10.6. The number of nitrogens with two attached hydrogens (primary N) is 1. The van der Waals surface area contributed by atoms with E-state index in [1.54, 1.807) is 0 Å². The van der Waals surface area contributed by atoms with E-state index < -0.39 is 0 Å². The van der Waals surface area contributed by atoms with Crippen molar-refractivity contribution in [3.63, 3.8) is 0 Å². The fourth-order valence-corrected chi connectivity index (χ4v) is 2.04. The van der Waals surface area contributed by atoms with Crippen LogP contribution in [0.4, 0.5) is 0 Å². The zero-order valence-corrected chi connectivity index (χ0v) is 9.33. The molecule has 0 radical (unpaired) electrons. The van der Waals surface area contributed by atoms with E-state index in [0.29, 0.717) is 12.3 Å². The average Bonchev–Trinajstić information content (AvgIpc) is 2.30. The second kappa shape index (κ2) is 5.35. The number of nitrogens with zero attached hydrogens (tertiary/aromatic N) is 1. The summed E-state index contributed by atoms with van der Waals surface area (Å²) in [6, 6.07) is 0.0946. The predicted octanol–water partition coefficient (Wildman–Crippen LogP) is 1.37. The van der Waals surface area contributed by atoms with Crippen LogP contribution in [0.2, 0.25) is 0 Å². The summed E-state index contributed by atoms with van der Waals surface area (Å²) < 4.78 is 0. The summed E-state index contributed by atoms with van der Waals surface area (Å²) in [5.41, 5.74) is 5.71. The molecule has 0 aromatic carbocycles. The van der Waals surface area contributed by atoms with Crippen LogP contribution in [0.5, 0.6) is 0 Å². The van der Waals surface area contributed by atoms with Gasteiger partial charge in [-0.3, -0.25) is 4.79 Å². The van der Waals surface area contributed by atoms with Gasteiger partial charge >= 0.3 is 0 Å². The Morgan fingerprint density at radius 3 is 2.86 bits per heavy atom. The molecule has 0 saturated carbocycles. The highest BCUT2D eigenvalue weighted by molar-refractivity contribution is 5.76. The zero-order valence-electron chi connectivity index (χ0n) is 9.33. The molecule has 2 unspecified atom stereocenters. The van der Waals surface area contributed by atoms with Gasteiger partial charge in [-0.15, -0.1) is 0 Å². The third-order valence-electron chi connectivity index (χ3n) is 3.01. The molecular formula is C11H22N2O. The first-order valence-electron chi connectivity index (χ1n) is 5.66. The topological polar surface area (TPSA) is 46.3 Å². The molecule has 0 aromatic heterocycles. The van der Waals surface area contributed by atoms with Crippen LogP contribution < -0.4 is 5.73 Å². The lowest BCUT2D eigenvalue weighted by molar-refractivity contribution is -0.130. The molecule has 0 spiro atoms. The minimum absolute atomic E-state index is 0.0946. The predicted molar refractivity (Wildman–Crippen MR) is 57.9 cm³/mol. The lowest BCUT2D eigenvalue weighted by Crippen LogP contribution is -2.39. The SMILES string of the molecule is CCC1CCC(=O)N(CC(C)N)CC1. The summed E-state index contributed by atoms with van der Waals surface area (Å²) in [6.45, 7) is 5.78. The number of hydrogen-bond acceptors (Lipinski definition) is 2. The van der Waals surface area contributed by atoms with Gasteiger partial charge in [0.15, 0.2) is 0 Å². The van der Waals surface area contributed by atoms with Crippen molar-refractivity contribution in [2.24, 2.45) is 11.7 Å². The smallest absolute Gasteiger partial charge is 0.222 e. The first-order valence-corrected chi connectivity index (χ1v) is 5.66. The quantitative estimate of drug-likeness (QED) is 0.744. The van der Waals surface area contributed by atoms with E-state index in [2.05, 4.69) is 6.92 Å². The number of rotatable bonds is 3. The van der Waals surface area contributed by atoms with Gasteiger partial charge in [0.05, 0.1) is 0 Å². The molecule has 1 saturated heterocycles. The van der Waals surface area contributed by atoms with Crippen LogP contribution >= 0.6 is 0 Å². The van der Waals surface area contributed by atoms with E-state index in [1.165, 1.54) is 6.42 Å². The molecule has 1 heterocycles. The number of amides is 1. The second-order valence-corrected chi connectivity index (χ2v) is 4.42. The van der Waals surface area contributed by atoms with Crippen molar-refractivity contribution in [2.75, 3.05) is 13.1 Å². The van der Waals surface area contributed by atoms with Crippen molar-refractivity contribution in [3.05, 3.63) is 0 Å². The minimum Gasteiger partial charge on any atom is -0.341 e. The monoisotopic (exact) mass is 198 g/mol. The highest BCUT2D eigenvalue weighted by Crippen LogP contribution is 2.20. The van der Waals surface area contributed by atoms with Crippen LogP contribution in [0, 0.1) is 5.92 Å². The number of likely N-dealkylation sites (tertiary alicyclic amines) is 1. The van der Waals surface area contributed by atoms with E-state index in [9.17, 15) is 4.79 Å². The maximum Gasteiger partial charge on any atom is 0.222 e. The van der Waals surface area contributed by atoms with Crippen molar-refractivity contribution in [1.29, 1.82) is 0 Å². The van der Waals surface area contributed by atoms with E-state index in [-0.39, 0.29) is 6.04 Å². The van der Waals surface area contributed by atoms with Crippen molar-refractivity contribution in [1.82, 2.24) is 4.90 Å². The molecule has 2 atom stereocenters. The number of carbonyl (C=O) groups excluding carboxylic acids is 1. The maximum absolute atomic E-state index is 11.7. The Morgan fingerprint density at radius 1 is 1.57 bits per heavy atom. The molecule has 1 aliphatic heterocycles. The summed E-state index contributed by atoms with van der Waals surface area (Å²) >= 11 is 0. The molecule has 1 fully saturated rings. The Bertz CT molecular complexity index is 192. The van der Waals surface area contributed by atoms with E-state index >= 15 is 0 Å². The van der Waals surface area contributed by atoms with Crippen molar-refractivity contribution in [3.8, 4) is 0 Å². The molecule has 2 N–H and O–H groups in total. The molecule has 3 nitrogen and oxygen atoms in total. The Labute approximate surface area is 86.6 Å². The van der Waals surface area contributed by atoms with Crippen LogP contribution in [-0.2, 0) is 4.79 Å². The fourth-order valence-electron chi connectivity index (χ4n) is 2.04. The minimum atomic E-state index is 0.0946. The molecule has 1 amide bonds. The highest BCUT2D eigenvalue weighted by atomic mass is 16.2. The Hall–Kier alpha value is -0.570. The highest BCUT2D eigenvalue weighted by Gasteiger charge is 2.21. The van der Waals surface area contributed by atoms with Crippen molar-refractivity contribution < 1.29 is 4.79 Å². The third-order valence-corrected chi connectivity index (χ3v) is 3.01. The van der Waals surface area contributed by atoms with Gasteiger partial charge in [-0.1, -0.05) is 13.3 Å². The number of carbonyl (C=O) groups is 1. The van der Waals surface area contributed by atoms with E-state index in [4.69, 9.17) is 5.73 Å². The largest absolute Gasteiger partial charge is 0.341 e. The summed E-state index contributed by atoms with van der Waals surface area (Å²) in [5.74, 6) is 1.02. The van der Waals surface area contributed by atoms with Crippen molar-refractivity contribution in [2.45, 2.75) is 45.6 Å². The summed E-state index contributed by atoms with van der Waals surface area (Å²) in [7, 11) is 0. The average molecular weight is 198 g/mol. The van der Waals surface area contributed by atoms with Gasteiger partial charge in [-0.2, -0.15) is 0 Å². The van der Waals surface area contributed by atoms with Gasteiger partial charge in [-0.05, 0) is 25.7 Å².